The van der Waals surface area contributed by atoms with Crippen LogP contribution in [0.15, 0.2) is 58.8 Å². The number of rotatable bonds is 5. The van der Waals surface area contributed by atoms with Crippen molar-refractivity contribution in [1.82, 2.24) is 15.0 Å². The van der Waals surface area contributed by atoms with Crippen molar-refractivity contribution in [2.24, 2.45) is 0 Å². The third kappa shape index (κ3) is 3.96. The van der Waals surface area contributed by atoms with Gasteiger partial charge >= 0.3 is 0 Å². The molecular formula is C20H21N3O2S2. The van der Waals surface area contributed by atoms with Crippen LogP contribution in [-0.2, 0) is 16.4 Å². The number of benzene rings is 2. The zero-order chi connectivity index (χ0) is 18.9. The normalized spacial score (nSPS) is 16.9. The Morgan fingerprint density at radius 2 is 2.07 bits per heavy atom. The van der Waals surface area contributed by atoms with Gasteiger partial charge in [-0.15, -0.1) is 11.3 Å². The molecule has 0 saturated carbocycles. The van der Waals surface area contributed by atoms with Crippen molar-refractivity contribution in [2.45, 2.75) is 24.3 Å². The van der Waals surface area contributed by atoms with E-state index in [2.05, 4.69) is 27.2 Å². The summed E-state index contributed by atoms with van der Waals surface area (Å²) in [6.07, 6.45) is 0.967. The molecule has 0 radical (unpaired) electrons. The molecule has 27 heavy (non-hydrogen) atoms. The van der Waals surface area contributed by atoms with E-state index in [1.54, 1.807) is 18.2 Å². The average molecular weight is 400 g/mol. The van der Waals surface area contributed by atoms with Crippen LogP contribution >= 0.6 is 11.3 Å². The van der Waals surface area contributed by atoms with Gasteiger partial charge in [0.2, 0.25) is 10.0 Å². The lowest BCUT2D eigenvalue weighted by Gasteiger charge is -2.27. The number of fused-ring (bicyclic) bond motifs is 1. The number of hydrogen-bond donors (Lipinski definition) is 2. The summed E-state index contributed by atoms with van der Waals surface area (Å²) in [6.45, 7) is 3.10. The molecule has 1 aliphatic heterocycles. The first kappa shape index (κ1) is 18.3. The third-order valence-corrected chi connectivity index (χ3v) is 7.13. The van der Waals surface area contributed by atoms with Crippen LogP contribution in [-0.4, -0.2) is 26.5 Å². The molecule has 1 aromatic heterocycles. The van der Waals surface area contributed by atoms with Gasteiger partial charge in [-0.05, 0) is 43.1 Å². The second-order valence-electron chi connectivity index (χ2n) is 6.63. The molecule has 2 aromatic carbocycles. The van der Waals surface area contributed by atoms with Crippen molar-refractivity contribution in [3.05, 3.63) is 70.7 Å². The lowest BCUT2D eigenvalue weighted by molar-refractivity contribution is 0.491. The average Bonchev–Trinajstić information content (AvgIpc) is 3.13. The first-order chi connectivity index (χ1) is 13.0. The summed E-state index contributed by atoms with van der Waals surface area (Å²) in [6, 6.07) is 15.1. The predicted octanol–water partition coefficient (Wildman–Crippen LogP) is 3.28. The summed E-state index contributed by atoms with van der Waals surface area (Å²) in [7, 11) is -3.60. The SMILES string of the molecule is Cc1csc(-c2cccc(S(=O)(=O)NCC3NCCc4ccccc43)c2)n1. The lowest BCUT2D eigenvalue weighted by atomic mass is 9.95. The number of hydrogen-bond acceptors (Lipinski definition) is 5. The van der Waals surface area contributed by atoms with E-state index in [4.69, 9.17) is 0 Å². The Morgan fingerprint density at radius 3 is 2.89 bits per heavy atom. The summed E-state index contributed by atoms with van der Waals surface area (Å²) >= 11 is 1.51. The van der Waals surface area contributed by atoms with E-state index in [1.807, 2.05) is 30.5 Å². The van der Waals surface area contributed by atoms with Crippen LogP contribution < -0.4 is 10.0 Å². The largest absolute Gasteiger partial charge is 0.308 e. The minimum Gasteiger partial charge on any atom is -0.308 e. The molecule has 5 nitrogen and oxygen atoms in total. The highest BCUT2D eigenvalue weighted by Crippen LogP contribution is 2.26. The molecule has 2 heterocycles. The van der Waals surface area contributed by atoms with Crippen LogP contribution in [0.1, 0.15) is 22.9 Å². The van der Waals surface area contributed by atoms with Gasteiger partial charge < -0.3 is 5.32 Å². The Morgan fingerprint density at radius 1 is 1.22 bits per heavy atom. The summed E-state index contributed by atoms with van der Waals surface area (Å²) in [4.78, 5) is 4.70. The topological polar surface area (TPSA) is 71.1 Å². The molecule has 2 N–H and O–H groups in total. The number of thiazole rings is 1. The molecule has 1 atom stereocenters. The van der Waals surface area contributed by atoms with Crippen molar-refractivity contribution in [3.8, 4) is 10.6 Å². The zero-order valence-corrected chi connectivity index (χ0v) is 16.6. The van der Waals surface area contributed by atoms with Crippen LogP contribution in [0.25, 0.3) is 10.6 Å². The fraction of sp³-hybridized carbons (Fsp3) is 0.250. The number of sulfonamides is 1. The maximum atomic E-state index is 12.8. The van der Waals surface area contributed by atoms with Crippen LogP contribution in [0.3, 0.4) is 0 Å². The third-order valence-electron chi connectivity index (χ3n) is 4.70. The minimum atomic E-state index is -3.60. The number of aromatic nitrogens is 1. The number of nitrogens with one attached hydrogen (secondary N) is 2. The van der Waals surface area contributed by atoms with E-state index in [-0.39, 0.29) is 10.9 Å². The molecule has 1 aliphatic rings. The van der Waals surface area contributed by atoms with Crippen molar-refractivity contribution < 1.29 is 8.42 Å². The highest BCUT2D eigenvalue weighted by atomic mass is 32.2. The van der Waals surface area contributed by atoms with E-state index >= 15 is 0 Å². The molecular weight excluding hydrogens is 378 g/mol. The van der Waals surface area contributed by atoms with Gasteiger partial charge in [-0.2, -0.15) is 0 Å². The smallest absolute Gasteiger partial charge is 0.240 e. The van der Waals surface area contributed by atoms with Gasteiger partial charge in [-0.3, -0.25) is 0 Å². The Balaban J connectivity index is 1.53. The Hall–Kier alpha value is -2.06. The molecule has 0 aliphatic carbocycles. The van der Waals surface area contributed by atoms with E-state index < -0.39 is 10.0 Å². The van der Waals surface area contributed by atoms with E-state index in [1.165, 1.54) is 22.5 Å². The van der Waals surface area contributed by atoms with Crippen molar-refractivity contribution >= 4 is 21.4 Å². The van der Waals surface area contributed by atoms with Gasteiger partial charge in [0.05, 0.1) is 4.90 Å². The lowest BCUT2D eigenvalue weighted by Crippen LogP contribution is -2.38. The van der Waals surface area contributed by atoms with E-state index in [9.17, 15) is 8.42 Å². The fourth-order valence-electron chi connectivity index (χ4n) is 3.33. The Bertz CT molecular complexity index is 1060. The molecule has 0 fully saturated rings. The molecule has 0 bridgehead atoms. The van der Waals surface area contributed by atoms with Crippen LogP contribution in [0, 0.1) is 6.92 Å². The van der Waals surface area contributed by atoms with Crippen LogP contribution in [0.2, 0.25) is 0 Å². The van der Waals surface area contributed by atoms with E-state index in [0.717, 1.165) is 29.2 Å². The second kappa shape index (κ2) is 7.52. The molecule has 140 valence electrons. The summed E-state index contributed by atoms with van der Waals surface area (Å²) in [5.74, 6) is 0. The van der Waals surface area contributed by atoms with Crippen LogP contribution in [0.4, 0.5) is 0 Å². The highest BCUT2D eigenvalue weighted by Gasteiger charge is 2.22. The molecule has 0 amide bonds. The van der Waals surface area contributed by atoms with Gasteiger partial charge in [0, 0.05) is 29.2 Å². The van der Waals surface area contributed by atoms with Crippen LogP contribution in [0.5, 0.6) is 0 Å². The first-order valence-corrected chi connectivity index (χ1v) is 11.2. The fourth-order valence-corrected chi connectivity index (χ4v) is 5.22. The van der Waals surface area contributed by atoms with Crippen molar-refractivity contribution in [3.63, 3.8) is 0 Å². The standard InChI is InChI=1S/C20H21N3O2S2/c1-14-13-26-20(23-14)16-6-4-7-17(11-16)27(24,25)22-12-19-18-8-3-2-5-15(18)9-10-21-19/h2-8,11,13,19,21-22H,9-10,12H2,1H3. The zero-order valence-electron chi connectivity index (χ0n) is 15.0. The first-order valence-electron chi connectivity index (χ1n) is 8.86. The minimum absolute atomic E-state index is 0.0190. The van der Waals surface area contributed by atoms with Gasteiger partial charge in [-0.1, -0.05) is 36.4 Å². The van der Waals surface area contributed by atoms with Gasteiger partial charge in [0.15, 0.2) is 0 Å². The summed E-state index contributed by atoms with van der Waals surface area (Å²) in [5.41, 5.74) is 4.19. The number of aryl methyl sites for hydroxylation is 1. The van der Waals surface area contributed by atoms with Gasteiger partial charge in [-0.25, -0.2) is 18.1 Å². The molecule has 0 saturated heterocycles. The Labute approximate surface area is 163 Å². The second-order valence-corrected chi connectivity index (χ2v) is 9.25. The van der Waals surface area contributed by atoms with E-state index in [0.29, 0.717) is 6.54 Å². The molecule has 3 aromatic rings. The number of nitrogens with zero attached hydrogens (tertiary/aromatic N) is 1. The summed E-state index contributed by atoms with van der Waals surface area (Å²) in [5, 5.41) is 6.19. The monoisotopic (exact) mass is 399 g/mol. The highest BCUT2D eigenvalue weighted by molar-refractivity contribution is 7.89. The maximum Gasteiger partial charge on any atom is 0.240 e. The quantitative estimate of drug-likeness (QED) is 0.691. The van der Waals surface area contributed by atoms with Gasteiger partial charge in [0.25, 0.3) is 0 Å². The molecule has 0 spiro atoms. The van der Waals surface area contributed by atoms with Crippen molar-refractivity contribution in [1.29, 1.82) is 0 Å². The maximum absolute atomic E-state index is 12.8. The molecule has 4 rings (SSSR count). The predicted molar refractivity (Wildman–Crippen MR) is 108 cm³/mol. The van der Waals surface area contributed by atoms with Crippen molar-refractivity contribution in [2.75, 3.05) is 13.1 Å². The summed E-state index contributed by atoms with van der Waals surface area (Å²) < 4.78 is 28.4. The van der Waals surface area contributed by atoms with Gasteiger partial charge in [0.1, 0.15) is 5.01 Å². The Kier molecular flexibility index (Phi) is 5.10. The molecule has 1 unspecified atom stereocenters. The molecule has 7 heteroatoms.